The van der Waals surface area contributed by atoms with Crippen molar-refractivity contribution >= 4 is 16.8 Å². The first-order valence-corrected chi connectivity index (χ1v) is 9.51. The Labute approximate surface area is 158 Å². The summed E-state index contributed by atoms with van der Waals surface area (Å²) in [5.41, 5.74) is 1.70. The summed E-state index contributed by atoms with van der Waals surface area (Å²) in [6, 6.07) is 17.5. The quantitative estimate of drug-likeness (QED) is 0.757. The third-order valence-electron chi connectivity index (χ3n) is 5.40. The first-order chi connectivity index (χ1) is 13.2. The van der Waals surface area contributed by atoms with Crippen LogP contribution in [0.3, 0.4) is 0 Å². The molecule has 1 heterocycles. The molecule has 4 rings (SSSR count). The molecule has 3 aromatic rings. The second kappa shape index (κ2) is 7.74. The minimum Gasteiger partial charge on any atom is -0.347 e. The summed E-state index contributed by atoms with van der Waals surface area (Å²) >= 11 is 0. The molecule has 0 aliphatic heterocycles. The number of para-hydroxylation sites is 1. The van der Waals surface area contributed by atoms with Crippen LogP contribution in [0.15, 0.2) is 65.6 Å². The van der Waals surface area contributed by atoms with E-state index in [4.69, 9.17) is 0 Å². The standard InChI is InChI=1S/C22H23N3O2/c26-20-14-23-25(19-13-7-6-12-18(19)20)15-21(27)24-22(17-10-4-5-11-17)16-8-2-1-3-9-16/h1-3,6-9,12-14,17,22H,4-5,10-11,15H2,(H,24,27). The predicted molar refractivity (Wildman–Crippen MR) is 105 cm³/mol. The highest BCUT2D eigenvalue weighted by Gasteiger charge is 2.27. The van der Waals surface area contributed by atoms with Crippen LogP contribution in [0.1, 0.15) is 37.3 Å². The van der Waals surface area contributed by atoms with Gasteiger partial charge in [0.25, 0.3) is 0 Å². The zero-order chi connectivity index (χ0) is 18.6. The molecule has 5 nitrogen and oxygen atoms in total. The van der Waals surface area contributed by atoms with Crippen LogP contribution < -0.4 is 10.7 Å². The van der Waals surface area contributed by atoms with Gasteiger partial charge in [-0.1, -0.05) is 55.3 Å². The van der Waals surface area contributed by atoms with Gasteiger partial charge in [0.2, 0.25) is 11.3 Å². The molecular formula is C22H23N3O2. The Bertz CT molecular complexity index is 991. The Morgan fingerprint density at radius 3 is 2.56 bits per heavy atom. The summed E-state index contributed by atoms with van der Waals surface area (Å²) in [5.74, 6) is 0.382. The number of carbonyl (C=O) groups excluding carboxylic acids is 1. The van der Waals surface area contributed by atoms with Gasteiger partial charge in [-0.05, 0) is 36.5 Å². The molecule has 1 aliphatic rings. The van der Waals surface area contributed by atoms with Crippen LogP contribution >= 0.6 is 0 Å². The minimum atomic E-state index is -0.129. The molecule has 1 N–H and O–H groups in total. The molecule has 1 fully saturated rings. The molecule has 1 aromatic heterocycles. The van der Waals surface area contributed by atoms with Crippen molar-refractivity contribution in [2.75, 3.05) is 0 Å². The smallest absolute Gasteiger partial charge is 0.242 e. The molecule has 0 bridgehead atoms. The molecule has 0 spiro atoms. The van der Waals surface area contributed by atoms with Gasteiger partial charge in [-0.3, -0.25) is 14.3 Å². The summed E-state index contributed by atoms with van der Waals surface area (Å²) in [6.07, 6.45) is 5.99. The highest BCUT2D eigenvalue weighted by atomic mass is 16.2. The number of fused-ring (bicyclic) bond motifs is 1. The lowest BCUT2D eigenvalue weighted by atomic mass is 9.91. The lowest BCUT2D eigenvalue weighted by molar-refractivity contribution is -0.122. The maximum atomic E-state index is 12.8. The molecule has 1 aliphatic carbocycles. The number of amides is 1. The van der Waals surface area contributed by atoms with Crippen molar-refractivity contribution in [3.63, 3.8) is 0 Å². The fourth-order valence-corrected chi connectivity index (χ4v) is 4.07. The number of nitrogens with zero attached hydrogens (tertiary/aromatic N) is 2. The van der Waals surface area contributed by atoms with Crippen molar-refractivity contribution in [1.29, 1.82) is 0 Å². The Morgan fingerprint density at radius 1 is 1.07 bits per heavy atom. The fraction of sp³-hybridized carbons (Fsp3) is 0.318. The van der Waals surface area contributed by atoms with Crippen LogP contribution in [0.5, 0.6) is 0 Å². The van der Waals surface area contributed by atoms with E-state index in [9.17, 15) is 9.59 Å². The average molecular weight is 361 g/mol. The first kappa shape index (κ1) is 17.5. The number of nitrogens with one attached hydrogen (secondary N) is 1. The maximum Gasteiger partial charge on any atom is 0.242 e. The van der Waals surface area contributed by atoms with Crippen LogP contribution in [0, 0.1) is 5.92 Å². The van der Waals surface area contributed by atoms with Gasteiger partial charge in [0, 0.05) is 5.39 Å². The number of hydrogen-bond acceptors (Lipinski definition) is 3. The normalized spacial score (nSPS) is 15.7. The average Bonchev–Trinajstić information content (AvgIpc) is 3.24. The number of carbonyl (C=O) groups is 1. The van der Waals surface area contributed by atoms with E-state index in [0.29, 0.717) is 16.8 Å². The largest absolute Gasteiger partial charge is 0.347 e. The third-order valence-corrected chi connectivity index (χ3v) is 5.40. The Morgan fingerprint density at radius 2 is 1.78 bits per heavy atom. The second-order valence-corrected chi connectivity index (χ2v) is 7.18. The third kappa shape index (κ3) is 3.77. The van der Waals surface area contributed by atoms with E-state index in [0.717, 1.165) is 18.4 Å². The fourth-order valence-electron chi connectivity index (χ4n) is 4.07. The van der Waals surface area contributed by atoms with E-state index in [1.807, 2.05) is 36.4 Å². The van der Waals surface area contributed by atoms with Crippen molar-refractivity contribution in [1.82, 2.24) is 15.1 Å². The van der Waals surface area contributed by atoms with Gasteiger partial charge in [-0.15, -0.1) is 0 Å². The molecule has 1 saturated carbocycles. The van der Waals surface area contributed by atoms with Crippen molar-refractivity contribution in [2.45, 2.75) is 38.3 Å². The van der Waals surface area contributed by atoms with E-state index < -0.39 is 0 Å². The van der Waals surface area contributed by atoms with Crippen LogP contribution in [0.25, 0.3) is 10.9 Å². The van der Waals surface area contributed by atoms with Crippen LogP contribution in [0.4, 0.5) is 0 Å². The minimum absolute atomic E-state index is 0.0202. The summed E-state index contributed by atoms with van der Waals surface area (Å²) in [7, 11) is 0. The lowest BCUT2D eigenvalue weighted by Gasteiger charge is -2.25. The maximum absolute atomic E-state index is 12.8. The molecule has 138 valence electrons. The second-order valence-electron chi connectivity index (χ2n) is 7.18. The van der Waals surface area contributed by atoms with Crippen molar-refractivity contribution in [3.05, 3.63) is 76.6 Å². The zero-order valence-corrected chi connectivity index (χ0v) is 15.2. The zero-order valence-electron chi connectivity index (χ0n) is 15.2. The van der Waals surface area contributed by atoms with Gasteiger partial charge in [0.05, 0.1) is 17.8 Å². The highest BCUT2D eigenvalue weighted by Crippen LogP contribution is 2.35. The highest BCUT2D eigenvalue weighted by molar-refractivity contribution is 5.81. The molecule has 5 heteroatoms. The van der Waals surface area contributed by atoms with E-state index in [-0.39, 0.29) is 23.9 Å². The van der Waals surface area contributed by atoms with Gasteiger partial charge in [-0.2, -0.15) is 5.10 Å². The summed E-state index contributed by atoms with van der Waals surface area (Å²) < 4.78 is 1.60. The van der Waals surface area contributed by atoms with Crippen molar-refractivity contribution < 1.29 is 4.79 Å². The van der Waals surface area contributed by atoms with Gasteiger partial charge in [0.1, 0.15) is 6.54 Å². The molecule has 0 saturated heterocycles. The molecule has 1 amide bonds. The molecule has 2 aromatic carbocycles. The summed E-state index contributed by atoms with van der Waals surface area (Å²) in [6.45, 7) is 0.0941. The van der Waals surface area contributed by atoms with Crippen molar-refractivity contribution in [3.8, 4) is 0 Å². The van der Waals surface area contributed by atoms with Gasteiger partial charge in [0.15, 0.2) is 0 Å². The number of aromatic nitrogens is 2. The van der Waals surface area contributed by atoms with Crippen molar-refractivity contribution in [2.24, 2.45) is 5.92 Å². The monoisotopic (exact) mass is 361 g/mol. The lowest BCUT2D eigenvalue weighted by Crippen LogP contribution is -2.35. The SMILES string of the molecule is O=C(Cn1ncc(=O)c2ccccc21)NC(c1ccccc1)C1CCCC1. The van der Waals surface area contributed by atoms with E-state index >= 15 is 0 Å². The molecule has 1 unspecified atom stereocenters. The summed E-state index contributed by atoms with van der Waals surface area (Å²) in [5, 5.41) is 7.97. The van der Waals surface area contributed by atoms with Gasteiger partial charge < -0.3 is 5.32 Å². The molecule has 1 atom stereocenters. The van der Waals surface area contributed by atoms with E-state index in [1.165, 1.54) is 19.0 Å². The Hall–Kier alpha value is -2.95. The predicted octanol–water partition coefficient (Wildman–Crippen LogP) is 3.44. The van der Waals surface area contributed by atoms with E-state index in [1.54, 1.807) is 10.7 Å². The number of benzene rings is 2. The van der Waals surface area contributed by atoms with Gasteiger partial charge in [-0.25, -0.2) is 0 Å². The van der Waals surface area contributed by atoms with Crippen LogP contribution in [-0.2, 0) is 11.3 Å². The Kier molecular flexibility index (Phi) is 5.01. The summed E-state index contributed by atoms with van der Waals surface area (Å²) in [4.78, 5) is 24.8. The molecule has 0 radical (unpaired) electrons. The molecular weight excluding hydrogens is 338 g/mol. The van der Waals surface area contributed by atoms with Crippen LogP contribution in [-0.4, -0.2) is 15.7 Å². The molecule has 27 heavy (non-hydrogen) atoms. The van der Waals surface area contributed by atoms with Crippen LogP contribution in [0.2, 0.25) is 0 Å². The Balaban J connectivity index is 1.57. The first-order valence-electron chi connectivity index (χ1n) is 9.51. The number of hydrogen-bond donors (Lipinski definition) is 1. The number of rotatable bonds is 5. The topological polar surface area (TPSA) is 64.0 Å². The van der Waals surface area contributed by atoms with Gasteiger partial charge >= 0.3 is 0 Å². The van der Waals surface area contributed by atoms with E-state index in [2.05, 4.69) is 22.5 Å².